The van der Waals surface area contributed by atoms with Crippen LogP contribution in [0.15, 0.2) is 22.7 Å². The lowest BCUT2D eigenvalue weighted by Gasteiger charge is -2.33. The van der Waals surface area contributed by atoms with E-state index in [1.54, 1.807) is 7.11 Å². The van der Waals surface area contributed by atoms with Gasteiger partial charge in [-0.25, -0.2) is 0 Å². The van der Waals surface area contributed by atoms with Crippen molar-refractivity contribution in [1.82, 2.24) is 0 Å². The molecule has 3 nitrogen and oxygen atoms in total. The minimum atomic E-state index is 0.443. The van der Waals surface area contributed by atoms with Gasteiger partial charge in [0.25, 0.3) is 0 Å². The summed E-state index contributed by atoms with van der Waals surface area (Å²) in [6, 6.07) is 6.55. The van der Waals surface area contributed by atoms with Crippen molar-refractivity contribution in [3.8, 4) is 0 Å². The van der Waals surface area contributed by atoms with Crippen molar-refractivity contribution in [1.29, 1.82) is 0 Å². The number of nitrogens with zero attached hydrogens (tertiary/aromatic N) is 1. The number of hydrogen-bond donors (Lipinski definition) is 1. The summed E-state index contributed by atoms with van der Waals surface area (Å²) in [6.07, 6.45) is 2.61. The lowest BCUT2D eigenvalue weighted by Crippen LogP contribution is -2.38. The van der Waals surface area contributed by atoms with Gasteiger partial charge in [-0.1, -0.05) is 28.1 Å². The number of rotatable bonds is 7. The summed E-state index contributed by atoms with van der Waals surface area (Å²) < 4.78 is 6.30. The van der Waals surface area contributed by atoms with Gasteiger partial charge in [-0.15, -0.1) is 0 Å². The largest absolute Gasteiger partial charge is 0.389 e. The first-order chi connectivity index (χ1) is 9.54. The molecule has 0 heterocycles. The zero-order chi connectivity index (χ0) is 14.7. The molecule has 1 saturated carbocycles. The van der Waals surface area contributed by atoms with Crippen LogP contribution >= 0.6 is 28.1 Å². The average Bonchev–Trinajstić information content (AvgIpc) is 3.23. The van der Waals surface area contributed by atoms with Gasteiger partial charge in [0, 0.05) is 35.4 Å². The number of anilines is 1. The topological polar surface area (TPSA) is 38.5 Å². The molecule has 20 heavy (non-hydrogen) atoms. The minimum Gasteiger partial charge on any atom is -0.389 e. The van der Waals surface area contributed by atoms with Gasteiger partial charge in [-0.05, 0) is 43.9 Å². The second kappa shape index (κ2) is 6.87. The van der Waals surface area contributed by atoms with Crippen LogP contribution in [-0.2, 0) is 4.74 Å². The van der Waals surface area contributed by atoms with Crippen molar-refractivity contribution in [2.24, 2.45) is 11.7 Å². The highest BCUT2D eigenvalue weighted by molar-refractivity contribution is 9.10. The first-order valence-electron chi connectivity index (χ1n) is 6.89. The normalized spacial score (nSPS) is 15.9. The van der Waals surface area contributed by atoms with Gasteiger partial charge in [0.2, 0.25) is 0 Å². The van der Waals surface area contributed by atoms with E-state index in [1.165, 1.54) is 12.8 Å². The Hall–Kier alpha value is -0.650. The number of benzene rings is 1. The molecule has 0 aliphatic heterocycles. The molecule has 0 radical (unpaired) electrons. The van der Waals surface area contributed by atoms with Crippen LogP contribution in [0.4, 0.5) is 5.69 Å². The highest BCUT2D eigenvalue weighted by Crippen LogP contribution is 2.38. The van der Waals surface area contributed by atoms with Crippen LogP contribution in [0.1, 0.15) is 25.3 Å². The van der Waals surface area contributed by atoms with Gasteiger partial charge in [0.05, 0.1) is 6.61 Å². The van der Waals surface area contributed by atoms with Crippen LogP contribution in [0, 0.1) is 5.92 Å². The van der Waals surface area contributed by atoms with E-state index in [0.717, 1.165) is 28.2 Å². The molecule has 2 N–H and O–H groups in total. The number of halogens is 1. The third kappa shape index (κ3) is 3.71. The van der Waals surface area contributed by atoms with E-state index in [9.17, 15) is 0 Å². The van der Waals surface area contributed by atoms with Crippen molar-refractivity contribution in [2.75, 3.05) is 25.2 Å². The van der Waals surface area contributed by atoms with Crippen LogP contribution in [0.5, 0.6) is 0 Å². The summed E-state index contributed by atoms with van der Waals surface area (Å²) in [5.74, 6) is 0.769. The molecule has 1 fully saturated rings. The van der Waals surface area contributed by atoms with Crippen molar-refractivity contribution in [3.05, 3.63) is 28.2 Å². The Kier molecular flexibility index (Phi) is 5.41. The highest BCUT2D eigenvalue weighted by Gasteiger charge is 2.33. The summed E-state index contributed by atoms with van der Waals surface area (Å²) in [5.41, 5.74) is 7.92. The number of methoxy groups -OCH3 is 1. The smallest absolute Gasteiger partial charge is 0.106 e. The van der Waals surface area contributed by atoms with E-state index in [4.69, 9.17) is 22.7 Å². The lowest BCUT2D eigenvalue weighted by atomic mass is 10.1. The Bertz CT molecular complexity index is 491. The molecule has 110 valence electrons. The van der Waals surface area contributed by atoms with E-state index >= 15 is 0 Å². The molecule has 2 rings (SSSR count). The van der Waals surface area contributed by atoms with E-state index in [-0.39, 0.29) is 0 Å². The third-order valence-electron chi connectivity index (χ3n) is 3.87. The fraction of sp³-hybridized carbons (Fsp3) is 0.533. The summed E-state index contributed by atoms with van der Waals surface area (Å²) in [7, 11) is 1.73. The van der Waals surface area contributed by atoms with Gasteiger partial charge in [-0.2, -0.15) is 0 Å². The van der Waals surface area contributed by atoms with E-state index in [1.807, 2.05) is 12.1 Å². The molecule has 0 spiro atoms. The van der Waals surface area contributed by atoms with Crippen molar-refractivity contribution < 1.29 is 4.74 Å². The fourth-order valence-corrected chi connectivity index (χ4v) is 3.04. The molecular formula is C15H21BrN2OS. The molecule has 1 atom stereocenters. The van der Waals surface area contributed by atoms with Gasteiger partial charge >= 0.3 is 0 Å². The number of nitrogens with two attached hydrogens (primary N) is 1. The minimum absolute atomic E-state index is 0.443. The van der Waals surface area contributed by atoms with Gasteiger partial charge in [0.1, 0.15) is 4.99 Å². The quantitative estimate of drug-likeness (QED) is 0.760. The van der Waals surface area contributed by atoms with Gasteiger partial charge in [-0.3, -0.25) is 0 Å². The van der Waals surface area contributed by atoms with Gasteiger partial charge in [0.15, 0.2) is 0 Å². The number of ether oxygens (including phenoxy) is 1. The zero-order valence-electron chi connectivity index (χ0n) is 11.9. The molecule has 1 aliphatic rings. The summed E-state index contributed by atoms with van der Waals surface area (Å²) in [4.78, 5) is 2.82. The summed E-state index contributed by atoms with van der Waals surface area (Å²) >= 11 is 8.74. The highest BCUT2D eigenvalue weighted by atomic mass is 79.9. The predicted octanol–water partition coefficient (Wildman–Crippen LogP) is 3.33. The zero-order valence-corrected chi connectivity index (χ0v) is 14.3. The molecule has 1 unspecified atom stereocenters. The second-order valence-corrected chi connectivity index (χ2v) is 6.65. The molecule has 0 aromatic heterocycles. The van der Waals surface area contributed by atoms with Crippen LogP contribution in [0.25, 0.3) is 0 Å². The summed E-state index contributed by atoms with van der Waals surface area (Å²) in [6.45, 7) is 3.82. The molecule has 1 aromatic carbocycles. The van der Waals surface area contributed by atoms with Crippen molar-refractivity contribution in [2.45, 2.75) is 25.8 Å². The first-order valence-corrected chi connectivity index (χ1v) is 8.09. The maximum absolute atomic E-state index is 5.88. The molecule has 0 amide bonds. The first kappa shape index (κ1) is 15.7. The van der Waals surface area contributed by atoms with E-state index in [0.29, 0.717) is 17.6 Å². The second-order valence-electron chi connectivity index (χ2n) is 5.29. The molecule has 1 aromatic rings. The van der Waals surface area contributed by atoms with Crippen LogP contribution < -0.4 is 10.6 Å². The monoisotopic (exact) mass is 356 g/mol. The molecule has 0 saturated heterocycles. The van der Waals surface area contributed by atoms with Crippen LogP contribution in [0.2, 0.25) is 0 Å². The van der Waals surface area contributed by atoms with E-state index < -0.39 is 0 Å². The average molecular weight is 357 g/mol. The van der Waals surface area contributed by atoms with Crippen LogP contribution in [-0.4, -0.2) is 31.3 Å². The Morgan fingerprint density at radius 1 is 1.55 bits per heavy atom. The Labute approximate surface area is 134 Å². The lowest BCUT2D eigenvalue weighted by molar-refractivity contribution is 0.202. The molecule has 5 heteroatoms. The standard InChI is InChI=1S/C15H21BrN2OS/c1-10(11-3-4-11)18(7-8-19-2)14-9-12(16)5-6-13(14)15(17)20/h5-6,9-11H,3-4,7-8H2,1-2H3,(H2,17,20). The number of thiocarbonyl (C=S) groups is 1. The maximum Gasteiger partial charge on any atom is 0.106 e. The van der Waals surface area contributed by atoms with Gasteiger partial charge < -0.3 is 15.4 Å². The van der Waals surface area contributed by atoms with Crippen LogP contribution in [0.3, 0.4) is 0 Å². The molecular weight excluding hydrogens is 336 g/mol. The third-order valence-corrected chi connectivity index (χ3v) is 4.58. The van der Waals surface area contributed by atoms with E-state index in [2.05, 4.69) is 33.8 Å². The Morgan fingerprint density at radius 2 is 2.25 bits per heavy atom. The molecule has 0 bridgehead atoms. The Balaban J connectivity index is 2.35. The van der Waals surface area contributed by atoms with Crippen molar-refractivity contribution in [3.63, 3.8) is 0 Å². The summed E-state index contributed by atoms with van der Waals surface area (Å²) in [5, 5.41) is 0. The van der Waals surface area contributed by atoms with Crippen molar-refractivity contribution >= 4 is 38.8 Å². The maximum atomic E-state index is 5.88. The number of hydrogen-bond acceptors (Lipinski definition) is 3. The SMILES string of the molecule is COCCN(c1cc(Br)ccc1C(N)=S)C(C)C1CC1. The predicted molar refractivity (Wildman–Crippen MR) is 91.4 cm³/mol. The fourth-order valence-electron chi connectivity index (χ4n) is 2.52. The molecule has 1 aliphatic carbocycles. The Morgan fingerprint density at radius 3 is 2.80 bits per heavy atom.